The van der Waals surface area contributed by atoms with Crippen LogP contribution in [0.1, 0.15) is 47.2 Å². The molecule has 2 fully saturated rings. The average molecular weight is 341 g/mol. The SMILES string of the molecule is O=C1NCCc2ccc(CN3CCN(C4CCCC4)C(=O)C3=O)cc21. The fourth-order valence-electron chi connectivity index (χ4n) is 4.18. The van der Waals surface area contributed by atoms with E-state index < -0.39 is 5.91 Å². The monoisotopic (exact) mass is 341 g/mol. The lowest BCUT2D eigenvalue weighted by molar-refractivity contribution is -0.158. The molecule has 0 radical (unpaired) electrons. The number of piperazine rings is 1. The zero-order chi connectivity index (χ0) is 17.4. The normalized spacial score (nSPS) is 21.5. The summed E-state index contributed by atoms with van der Waals surface area (Å²) in [5, 5.41) is 2.84. The van der Waals surface area contributed by atoms with Crippen LogP contribution in [0.2, 0.25) is 0 Å². The van der Waals surface area contributed by atoms with Crippen molar-refractivity contribution in [1.82, 2.24) is 15.1 Å². The van der Waals surface area contributed by atoms with Crippen LogP contribution in [0.5, 0.6) is 0 Å². The number of carbonyl (C=O) groups excluding carboxylic acids is 3. The summed E-state index contributed by atoms with van der Waals surface area (Å²) in [5.41, 5.74) is 2.62. The quantitative estimate of drug-likeness (QED) is 0.837. The Morgan fingerprint density at radius 3 is 2.64 bits per heavy atom. The van der Waals surface area contributed by atoms with Gasteiger partial charge < -0.3 is 15.1 Å². The van der Waals surface area contributed by atoms with Crippen molar-refractivity contribution in [2.24, 2.45) is 0 Å². The molecule has 1 N–H and O–H groups in total. The number of hydrogen-bond acceptors (Lipinski definition) is 3. The lowest BCUT2D eigenvalue weighted by Crippen LogP contribution is -2.56. The number of rotatable bonds is 3. The summed E-state index contributed by atoms with van der Waals surface area (Å²) >= 11 is 0. The number of amides is 3. The number of nitrogens with zero attached hydrogens (tertiary/aromatic N) is 2. The molecule has 3 aliphatic rings. The van der Waals surface area contributed by atoms with Gasteiger partial charge in [-0.2, -0.15) is 0 Å². The molecule has 1 aromatic carbocycles. The number of carbonyl (C=O) groups is 3. The van der Waals surface area contributed by atoms with Gasteiger partial charge in [-0.15, -0.1) is 0 Å². The maximum Gasteiger partial charge on any atom is 0.312 e. The van der Waals surface area contributed by atoms with E-state index in [9.17, 15) is 14.4 Å². The summed E-state index contributed by atoms with van der Waals surface area (Å²) in [6.07, 6.45) is 5.14. The molecule has 0 atom stereocenters. The molecule has 3 amide bonds. The van der Waals surface area contributed by atoms with Crippen LogP contribution in [-0.2, 0) is 22.6 Å². The van der Waals surface area contributed by atoms with E-state index in [1.54, 1.807) is 9.80 Å². The molecular weight excluding hydrogens is 318 g/mol. The Balaban J connectivity index is 1.47. The van der Waals surface area contributed by atoms with Gasteiger partial charge in [0.2, 0.25) is 0 Å². The molecule has 0 bridgehead atoms. The number of fused-ring (bicyclic) bond motifs is 1. The summed E-state index contributed by atoms with van der Waals surface area (Å²) in [6.45, 7) is 2.22. The van der Waals surface area contributed by atoms with Gasteiger partial charge in [-0.25, -0.2) is 0 Å². The van der Waals surface area contributed by atoms with Crippen LogP contribution >= 0.6 is 0 Å². The Morgan fingerprint density at radius 2 is 1.84 bits per heavy atom. The third-order valence-electron chi connectivity index (χ3n) is 5.58. The number of hydrogen-bond donors (Lipinski definition) is 1. The molecule has 1 saturated heterocycles. The predicted octanol–water partition coefficient (Wildman–Crippen LogP) is 1.09. The van der Waals surface area contributed by atoms with Crippen molar-refractivity contribution < 1.29 is 14.4 Å². The highest BCUT2D eigenvalue weighted by Gasteiger charge is 2.37. The van der Waals surface area contributed by atoms with E-state index in [0.717, 1.165) is 43.2 Å². The summed E-state index contributed by atoms with van der Waals surface area (Å²) in [6, 6.07) is 6.01. The van der Waals surface area contributed by atoms with Crippen LogP contribution < -0.4 is 5.32 Å². The Morgan fingerprint density at radius 1 is 1.04 bits per heavy atom. The molecule has 1 aliphatic carbocycles. The third-order valence-corrected chi connectivity index (χ3v) is 5.58. The summed E-state index contributed by atoms with van der Waals surface area (Å²) in [7, 11) is 0. The zero-order valence-corrected chi connectivity index (χ0v) is 14.3. The molecule has 0 spiro atoms. The molecular formula is C19H23N3O3. The highest BCUT2D eigenvalue weighted by molar-refractivity contribution is 6.35. The Labute approximate surface area is 147 Å². The van der Waals surface area contributed by atoms with Gasteiger partial charge in [-0.1, -0.05) is 25.0 Å². The third kappa shape index (κ3) is 3.01. The minimum absolute atomic E-state index is 0.0587. The van der Waals surface area contributed by atoms with Crippen molar-refractivity contribution in [3.63, 3.8) is 0 Å². The van der Waals surface area contributed by atoms with E-state index in [1.807, 2.05) is 18.2 Å². The first-order valence-electron chi connectivity index (χ1n) is 9.13. The van der Waals surface area contributed by atoms with E-state index in [2.05, 4.69) is 5.32 Å². The lowest BCUT2D eigenvalue weighted by atomic mass is 9.97. The minimum atomic E-state index is -0.416. The molecule has 2 heterocycles. The molecule has 1 saturated carbocycles. The Bertz CT molecular complexity index is 725. The van der Waals surface area contributed by atoms with E-state index in [-0.39, 0.29) is 17.9 Å². The summed E-state index contributed by atoms with van der Waals surface area (Å²) in [4.78, 5) is 40.3. The topological polar surface area (TPSA) is 69.7 Å². The molecule has 6 heteroatoms. The second-order valence-corrected chi connectivity index (χ2v) is 7.16. The molecule has 4 rings (SSSR count). The minimum Gasteiger partial charge on any atom is -0.352 e. The highest BCUT2D eigenvalue weighted by atomic mass is 16.2. The van der Waals surface area contributed by atoms with Crippen molar-refractivity contribution in [2.75, 3.05) is 19.6 Å². The van der Waals surface area contributed by atoms with Gasteiger partial charge in [0.05, 0.1) is 0 Å². The second kappa shape index (κ2) is 6.50. The Hall–Kier alpha value is -2.37. The van der Waals surface area contributed by atoms with Crippen LogP contribution in [0.15, 0.2) is 18.2 Å². The van der Waals surface area contributed by atoms with Crippen molar-refractivity contribution >= 4 is 17.7 Å². The maximum absolute atomic E-state index is 12.5. The van der Waals surface area contributed by atoms with Crippen LogP contribution in [0.4, 0.5) is 0 Å². The van der Waals surface area contributed by atoms with E-state index in [4.69, 9.17) is 0 Å². The fourth-order valence-corrected chi connectivity index (χ4v) is 4.18. The van der Waals surface area contributed by atoms with E-state index in [0.29, 0.717) is 31.7 Å². The van der Waals surface area contributed by atoms with Gasteiger partial charge in [-0.3, -0.25) is 14.4 Å². The smallest absolute Gasteiger partial charge is 0.312 e. The standard InChI is InChI=1S/C19H23N3O3/c23-17-16-11-13(5-6-14(16)7-8-20-17)12-21-9-10-22(19(25)18(21)24)15-3-1-2-4-15/h5-6,11,15H,1-4,7-10,12H2,(H,20,23). The van der Waals surface area contributed by atoms with Crippen LogP contribution in [0.25, 0.3) is 0 Å². The van der Waals surface area contributed by atoms with Gasteiger partial charge in [0.15, 0.2) is 0 Å². The van der Waals surface area contributed by atoms with Crippen molar-refractivity contribution in [2.45, 2.75) is 44.7 Å². The highest BCUT2D eigenvalue weighted by Crippen LogP contribution is 2.26. The fraction of sp³-hybridized carbons (Fsp3) is 0.526. The summed E-state index contributed by atoms with van der Waals surface area (Å²) < 4.78 is 0. The average Bonchev–Trinajstić information content (AvgIpc) is 3.14. The van der Waals surface area contributed by atoms with E-state index >= 15 is 0 Å². The Kier molecular flexibility index (Phi) is 4.19. The second-order valence-electron chi connectivity index (χ2n) is 7.16. The first kappa shape index (κ1) is 16.1. The first-order chi connectivity index (χ1) is 12.1. The van der Waals surface area contributed by atoms with E-state index in [1.165, 1.54) is 0 Å². The largest absolute Gasteiger partial charge is 0.352 e. The van der Waals surface area contributed by atoms with Gasteiger partial charge >= 0.3 is 11.8 Å². The maximum atomic E-state index is 12.5. The first-order valence-corrected chi connectivity index (χ1v) is 9.13. The molecule has 6 nitrogen and oxygen atoms in total. The van der Waals surface area contributed by atoms with Crippen LogP contribution in [0, 0.1) is 0 Å². The van der Waals surface area contributed by atoms with Crippen LogP contribution in [-0.4, -0.2) is 53.2 Å². The molecule has 132 valence electrons. The zero-order valence-electron chi connectivity index (χ0n) is 14.3. The predicted molar refractivity (Wildman–Crippen MR) is 91.9 cm³/mol. The molecule has 0 unspecified atom stereocenters. The molecule has 1 aromatic rings. The van der Waals surface area contributed by atoms with Crippen molar-refractivity contribution in [3.05, 3.63) is 34.9 Å². The summed E-state index contributed by atoms with van der Waals surface area (Å²) in [5.74, 6) is -0.842. The molecule has 0 aromatic heterocycles. The number of benzene rings is 1. The van der Waals surface area contributed by atoms with Gasteiger partial charge in [0.25, 0.3) is 5.91 Å². The molecule has 2 aliphatic heterocycles. The van der Waals surface area contributed by atoms with Crippen LogP contribution in [0.3, 0.4) is 0 Å². The lowest BCUT2D eigenvalue weighted by Gasteiger charge is -2.37. The van der Waals surface area contributed by atoms with Gasteiger partial charge in [0, 0.05) is 37.8 Å². The van der Waals surface area contributed by atoms with Gasteiger partial charge in [0.1, 0.15) is 0 Å². The number of nitrogens with one attached hydrogen (secondary N) is 1. The molecule has 25 heavy (non-hydrogen) atoms. The van der Waals surface area contributed by atoms with Gasteiger partial charge in [-0.05, 0) is 36.5 Å². The van der Waals surface area contributed by atoms with Crippen molar-refractivity contribution in [3.8, 4) is 0 Å². The van der Waals surface area contributed by atoms with Crippen molar-refractivity contribution in [1.29, 1.82) is 0 Å².